The zero-order chi connectivity index (χ0) is 26.5. The van der Waals surface area contributed by atoms with Gasteiger partial charge in [-0.1, -0.05) is 38.3 Å². The minimum absolute atomic E-state index is 0.0164. The van der Waals surface area contributed by atoms with Crippen molar-refractivity contribution in [3.05, 3.63) is 75.8 Å². The van der Waals surface area contributed by atoms with E-state index in [1.54, 1.807) is 14.2 Å². The standard InChI is InChI=1S/C29H36N6O3/c1-4-27(28-31-32-33-35(28)18-20-10-13-24(37-2)14-11-20)34(23-8-6-5-7-9-23)19-22-16-21-12-15-25(38-3)17-26(21)30-29(22)36/h10-17,23,27H,4-9,18-19H2,1-3H3,(H,30,36)/t27-/m1/s1. The minimum atomic E-state index is -0.0701. The second-order valence-corrected chi connectivity index (χ2v) is 10.0. The molecule has 2 heterocycles. The second kappa shape index (κ2) is 11.8. The van der Waals surface area contributed by atoms with Crippen LogP contribution < -0.4 is 15.0 Å². The molecule has 38 heavy (non-hydrogen) atoms. The Morgan fingerprint density at radius 1 is 1.03 bits per heavy atom. The van der Waals surface area contributed by atoms with Gasteiger partial charge < -0.3 is 14.5 Å². The molecule has 1 aliphatic carbocycles. The number of methoxy groups -OCH3 is 2. The Kier molecular flexibility index (Phi) is 8.03. The normalized spacial score (nSPS) is 15.2. The smallest absolute Gasteiger partial charge is 0.252 e. The molecule has 0 bridgehead atoms. The van der Waals surface area contributed by atoms with E-state index in [0.717, 1.165) is 58.6 Å². The lowest BCUT2D eigenvalue weighted by Gasteiger charge is -2.39. The maximum absolute atomic E-state index is 13.2. The van der Waals surface area contributed by atoms with Gasteiger partial charge in [-0.3, -0.25) is 9.69 Å². The first-order valence-corrected chi connectivity index (χ1v) is 13.4. The highest BCUT2D eigenvalue weighted by atomic mass is 16.5. The molecule has 0 unspecified atom stereocenters. The number of rotatable bonds is 10. The molecular formula is C29H36N6O3. The van der Waals surface area contributed by atoms with E-state index in [-0.39, 0.29) is 11.6 Å². The molecule has 0 spiro atoms. The lowest BCUT2D eigenvalue weighted by molar-refractivity contribution is 0.0844. The fraction of sp³-hybridized carbons (Fsp3) is 0.448. The number of hydrogen-bond acceptors (Lipinski definition) is 7. The number of H-pyrrole nitrogens is 1. The van der Waals surface area contributed by atoms with Crippen molar-refractivity contribution in [2.75, 3.05) is 14.2 Å². The molecule has 0 saturated heterocycles. The lowest BCUT2D eigenvalue weighted by Crippen LogP contribution is -2.41. The third kappa shape index (κ3) is 5.57. The summed E-state index contributed by atoms with van der Waals surface area (Å²) in [7, 11) is 3.29. The van der Waals surface area contributed by atoms with E-state index in [9.17, 15) is 4.79 Å². The van der Waals surface area contributed by atoms with Crippen LogP contribution in [-0.4, -0.2) is 50.4 Å². The zero-order valence-electron chi connectivity index (χ0n) is 22.4. The Balaban J connectivity index is 1.47. The van der Waals surface area contributed by atoms with E-state index in [1.165, 1.54) is 19.3 Å². The third-order valence-electron chi connectivity index (χ3n) is 7.66. The summed E-state index contributed by atoms with van der Waals surface area (Å²) in [6.07, 6.45) is 6.71. The summed E-state index contributed by atoms with van der Waals surface area (Å²) in [4.78, 5) is 18.8. The SMILES string of the molecule is CC[C@H](c1nnnn1Cc1ccc(OC)cc1)N(Cc1cc2ccc(OC)cc2[nH]c1=O)C1CCCCC1. The number of nitrogens with zero attached hydrogens (tertiary/aromatic N) is 5. The Labute approximate surface area is 222 Å². The van der Waals surface area contributed by atoms with Crippen molar-refractivity contribution in [2.24, 2.45) is 0 Å². The quantitative estimate of drug-likeness (QED) is 0.321. The molecule has 2 aromatic heterocycles. The first-order valence-electron chi connectivity index (χ1n) is 13.4. The Bertz CT molecular complexity index is 1410. The molecule has 1 atom stereocenters. The number of hydrogen-bond donors (Lipinski definition) is 1. The molecule has 1 fully saturated rings. The van der Waals surface area contributed by atoms with Crippen LogP contribution in [0.3, 0.4) is 0 Å². The number of ether oxygens (including phenoxy) is 2. The summed E-state index contributed by atoms with van der Waals surface area (Å²) in [5.74, 6) is 2.37. The number of aromatic amines is 1. The molecule has 200 valence electrons. The molecule has 2 aromatic carbocycles. The van der Waals surface area contributed by atoms with Crippen LogP contribution in [0.15, 0.2) is 53.3 Å². The van der Waals surface area contributed by atoms with Gasteiger partial charge in [-0.2, -0.15) is 0 Å². The Morgan fingerprint density at radius 3 is 2.47 bits per heavy atom. The molecule has 0 amide bonds. The Hall–Kier alpha value is -3.72. The molecule has 9 heteroatoms. The molecule has 0 aliphatic heterocycles. The van der Waals surface area contributed by atoms with E-state index in [1.807, 2.05) is 53.2 Å². The molecule has 0 radical (unpaired) electrons. The van der Waals surface area contributed by atoms with Crippen molar-refractivity contribution in [3.63, 3.8) is 0 Å². The minimum Gasteiger partial charge on any atom is -0.497 e. The second-order valence-electron chi connectivity index (χ2n) is 10.0. The van der Waals surface area contributed by atoms with Gasteiger partial charge in [0.05, 0.1) is 32.3 Å². The zero-order valence-corrected chi connectivity index (χ0v) is 22.4. The predicted molar refractivity (Wildman–Crippen MR) is 146 cm³/mol. The van der Waals surface area contributed by atoms with Crippen LogP contribution in [0, 0.1) is 0 Å². The first kappa shape index (κ1) is 25.9. The van der Waals surface area contributed by atoms with Crippen LogP contribution in [0.5, 0.6) is 11.5 Å². The molecular weight excluding hydrogens is 480 g/mol. The van der Waals surface area contributed by atoms with E-state index in [0.29, 0.717) is 19.1 Å². The van der Waals surface area contributed by atoms with Crippen LogP contribution in [0.25, 0.3) is 10.9 Å². The van der Waals surface area contributed by atoms with Crippen LogP contribution >= 0.6 is 0 Å². The van der Waals surface area contributed by atoms with Crippen molar-refractivity contribution >= 4 is 10.9 Å². The van der Waals surface area contributed by atoms with Crippen LogP contribution in [0.1, 0.15) is 68.4 Å². The summed E-state index contributed by atoms with van der Waals surface area (Å²) >= 11 is 0. The van der Waals surface area contributed by atoms with Crippen LogP contribution in [0.2, 0.25) is 0 Å². The number of tetrazole rings is 1. The molecule has 5 rings (SSSR count). The van der Waals surface area contributed by atoms with E-state index < -0.39 is 0 Å². The summed E-state index contributed by atoms with van der Waals surface area (Å²) in [5, 5.41) is 13.9. The monoisotopic (exact) mass is 516 g/mol. The number of aromatic nitrogens is 5. The molecule has 1 N–H and O–H groups in total. The summed E-state index contributed by atoms with van der Waals surface area (Å²) in [6, 6.07) is 16.1. The van der Waals surface area contributed by atoms with Gasteiger partial charge in [0.25, 0.3) is 5.56 Å². The molecule has 9 nitrogen and oxygen atoms in total. The lowest BCUT2D eigenvalue weighted by atomic mass is 9.92. The van der Waals surface area contributed by atoms with E-state index >= 15 is 0 Å². The van der Waals surface area contributed by atoms with Crippen molar-refractivity contribution in [2.45, 2.75) is 70.6 Å². The number of fused-ring (bicyclic) bond motifs is 1. The summed E-state index contributed by atoms with van der Waals surface area (Å²) in [5.41, 5.74) is 2.55. The maximum atomic E-state index is 13.2. The van der Waals surface area contributed by atoms with Gasteiger partial charge in [0.15, 0.2) is 5.82 Å². The van der Waals surface area contributed by atoms with Crippen LogP contribution in [-0.2, 0) is 13.1 Å². The van der Waals surface area contributed by atoms with Gasteiger partial charge in [0.1, 0.15) is 11.5 Å². The van der Waals surface area contributed by atoms with Crippen LogP contribution in [0.4, 0.5) is 0 Å². The van der Waals surface area contributed by atoms with Crippen molar-refractivity contribution in [1.29, 1.82) is 0 Å². The average molecular weight is 517 g/mol. The number of benzene rings is 2. The van der Waals surface area contributed by atoms with Crippen molar-refractivity contribution in [3.8, 4) is 11.5 Å². The van der Waals surface area contributed by atoms with Gasteiger partial charge in [0.2, 0.25) is 0 Å². The number of pyridine rings is 1. The Morgan fingerprint density at radius 2 is 1.76 bits per heavy atom. The molecule has 1 saturated carbocycles. The van der Waals surface area contributed by atoms with Crippen molar-refractivity contribution in [1.82, 2.24) is 30.1 Å². The molecule has 4 aromatic rings. The largest absolute Gasteiger partial charge is 0.497 e. The van der Waals surface area contributed by atoms with Gasteiger partial charge >= 0.3 is 0 Å². The maximum Gasteiger partial charge on any atom is 0.252 e. The number of nitrogens with one attached hydrogen (secondary N) is 1. The third-order valence-corrected chi connectivity index (χ3v) is 7.66. The fourth-order valence-electron chi connectivity index (χ4n) is 5.61. The van der Waals surface area contributed by atoms with Gasteiger partial charge in [-0.05, 0) is 71.0 Å². The summed E-state index contributed by atoms with van der Waals surface area (Å²) in [6.45, 7) is 3.28. The molecule has 1 aliphatic rings. The van der Waals surface area contributed by atoms with Gasteiger partial charge in [-0.25, -0.2) is 4.68 Å². The first-order chi connectivity index (χ1) is 18.6. The highest BCUT2D eigenvalue weighted by Gasteiger charge is 2.32. The summed E-state index contributed by atoms with van der Waals surface area (Å²) < 4.78 is 12.5. The highest BCUT2D eigenvalue weighted by Crippen LogP contribution is 2.33. The average Bonchev–Trinajstić information content (AvgIpc) is 3.41. The topological polar surface area (TPSA) is 98.2 Å². The van der Waals surface area contributed by atoms with E-state index in [4.69, 9.17) is 9.47 Å². The van der Waals surface area contributed by atoms with E-state index in [2.05, 4.69) is 32.3 Å². The highest BCUT2D eigenvalue weighted by molar-refractivity contribution is 5.80. The van der Waals surface area contributed by atoms with Gasteiger partial charge in [0, 0.05) is 24.2 Å². The van der Waals surface area contributed by atoms with Gasteiger partial charge in [-0.15, -0.1) is 5.10 Å². The predicted octanol–water partition coefficient (Wildman–Crippen LogP) is 4.87. The fourth-order valence-corrected chi connectivity index (χ4v) is 5.61. The van der Waals surface area contributed by atoms with Crippen molar-refractivity contribution < 1.29 is 9.47 Å².